The average molecular weight is 352 g/mol. The Balaban J connectivity index is 2.64. The van der Waals surface area contributed by atoms with Crippen LogP contribution >= 0.6 is 22.6 Å². The summed E-state index contributed by atoms with van der Waals surface area (Å²) in [6.07, 6.45) is 11.5. The summed E-state index contributed by atoms with van der Waals surface area (Å²) in [4.78, 5) is 0. The number of alkyl halides is 1. The molecule has 18 heavy (non-hydrogen) atoms. The van der Waals surface area contributed by atoms with E-state index in [-0.39, 0.29) is 0 Å². The van der Waals surface area contributed by atoms with E-state index in [9.17, 15) is 5.11 Å². The zero-order valence-electron chi connectivity index (χ0n) is 10.4. The first kappa shape index (κ1) is 14.8. The maximum absolute atomic E-state index is 9.42. The number of aliphatic hydroxyl groups excluding tert-OH is 1. The molecule has 0 bridgehead atoms. The van der Waals surface area contributed by atoms with Gasteiger partial charge in [-0.15, -0.1) is 0 Å². The summed E-state index contributed by atoms with van der Waals surface area (Å²) in [5.74, 6) is 0.304. The molecule has 0 aromatic heterocycles. The van der Waals surface area contributed by atoms with Crippen molar-refractivity contribution >= 4 is 28.7 Å². The van der Waals surface area contributed by atoms with E-state index in [0.29, 0.717) is 5.76 Å². The molecule has 1 nitrogen and oxygen atoms in total. The Morgan fingerprint density at radius 2 is 1.94 bits per heavy atom. The van der Waals surface area contributed by atoms with E-state index < -0.39 is 0 Å². The molecular formula is C16H17IO. The lowest BCUT2D eigenvalue weighted by Crippen LogP contribution is -1.81. The van der Waals surface area contributed by atoms with Gasteiger partial charge in [0.15, 0.2) is 0 Å². The highest BCUT2D eigenvalue weighted by molar-refractivity contribution is 14.1. The molecule has 1 aromatic carbocycles. The number of aliphatic hydroxyl groups is 1. The molecule has 0 atom stereocenters. The van der Waals surface area contributed by atoms with Gasteiger partial charge >= 0.3 is 0 Å². The molecule has 0 saturated heterocycles. The van der Waals surface area contributed by atoms with E-state index in [4.69, 9.17) is 0 Å². The standard InChI is InChI=1S/C16H17IO/c1-2-16(18)12-15(13-17)11-7-6-10-14-8-4-3-5-9-14/h2-12,18H,13H2,1H3/b10-6+,11-7+,15-12+,16-2+. The minimum Gasteiger partial charge on any atom is -0.508 e. The Kier molecular flexibility index (Phi) is 7.18. The molecule has 0 spiro atoms. The summed E-state index contributed by atoms with van der Waals surface area (Å²) in [6.45, 7) is 1.82. The fraction of sp³-hybridized carbons (Fsp3) is 0.125. The van der Waals surface area contributed by atoms with Crippen LogP contribution in [0.15, 0.2) is 72.0 Å². The van der Waals surface area contributed by atoms with E-state index >= 15 is 0 Å². The third-order valence-electron chi connectivity index (χ3n) is 2.29. The highest BCUT2D eigenvalue weighted by atomic mass is 127. The number of hydrogen-bond donors (Lipinski definition) is 1. The third-order valence-corrected chi connectivity index (χ3v) is 3.17. The van der Waals surface area contributed by atoms with Crippen LogP contribution in [0, 0.1) is 0 Å². The van der Waals surface area contributed by atoms with Gasteiger partial charge in [0.05, 0.1) is 0 Å². The second-order valence-corrected chi connectivity index (χ2v) is 4.46. The van der Waals surface area contributed by atoms with Crippen molar-refractivity contribution in [2.75, 3.05) is 4.43 Å². The fourth-order valence-corrected chi connectivity index (χ4v) is 1.79. The minimum absolute atomic E-state index is 0.304. The van der Waals surface area contributed by atoms with E-state index in [2.05, 4.69) is 40.8 Å². The third kappa shape index (κ3) is 5.87. The molecule has 2 heteroatoms. The largest absolute Gasteiger partial charge is 0.508 e. The predicted octanol–water partition coefficient (Wildman–Crippen LogP) is 5.08. The summed E-state index contributed by atoms with van der Waals surface area (Å²) < 4.78 is 0.866. The van der Waals surface area contributed by atoms with Crippen LogP contribution in [0.5, 0.6) is 0 Å². The van der Waals surface area contributed by atoms with Gasteiger partial charge in [0.2, 0.25) is 0 Å². The van der Waals surface area contributed by atoms with Crippen LogP contribution in [0.4, 0.5) is 0 Å². The van der Waals surface area contributed by atoms with Crippen molar-refractivity contribution in [1.82, 2.24) is 0 Å². The minimum atomic E-state index is 0.304. The van der Waals surface area contributed by atoms with Gasteiger partial charge in [0.1, 0.15) is 5.76 Å². The second-order valence-electron chi connectivity index (χ2n) is 3.70. The molecule has 0 aliphatic carbocycles. The normalized spacial score (nSPS) is 13.7. The Morgan fingerprint density at radius 1 is 1.22 bits per heavy atom. The van der Waals surface area contributed by atoms with E-state index in [0.717, 1.165) is 10.0 Å². The first-order valence-corrected chi connectivity index (χ1v) is 7.30. The van der Waals surface area contributed by atoms with E-state index in [1.165, 1.54) is 5.56 Å². The topological polar surface area (TPSA) is 20.2 Å². The van der Waals surface area contributed by atoms with Gasteiger partial charge in [-0.2, -0.15) is 0 Å². The van der Waals surface area contributed by atoms with Gasteiger partial charge < -0.3 is 5.11 Å². The highest BCUT2D eigenvalue weighted by Gasteiger charge is 1.90. The van der Waals surface area contributed by atoms with Gasteiger partial charge in [-0.1, -0.05) is 77.2 Å². The Hall–Kier alpha value is -1.29. The first-order valence-electron chi connectivity index (χ1n) is 5.78. The van der Waals surface area contributed by atoms with E-state index in [1.807, 2.05) is 43.4 Å². The highest BCUT2D eigenvalue weighted by Crippen LogP contribution is 2.07. The molecule has 0 aliphatic heterocycles. The van der Waals surface area contributed by atoms with Crippen molar-refractivity contribution in [3.8, 4) is 0 Å². The monoisotopic (exact) mass is 352 g/mol. The molecule has 1 aromatic rings. The van der Waals surface area contributed by atoms with Gasteiger partial charge in [-0.05, 0) is 30.2 Å². The molecule has 0 aliphatic rings. The molecule has 0 radical (unpaired) electrons. The van der Waals surface area contributed by atoms with Gasteiger partial charge in [-0.3, -0.25) is 0 Å². The number of allylic oxidation sites excluding steroid dienone is 6. The SMILES string of the molecule is C\C=C(O)/C=C(\C=C\C=C\c1ccccc1)CI. The van der Waals surface area contributed by atoms with Crippen molar-refractivity contribution in [2.45, 2.75) is 6.92 Å². The Morgan fingerprint density at radius 3 is 2.56 bits per heavy atom. The molecule has 0 saturated carbocycles. The lowest BCUT2D eigenvalue weighted by molar-refractivity contribution is 0.431. The lowest BCUT2D eigenvalue weighted by atomic mass is 10.2. The van der Waals surface area contributed by atoms with E-state index in [1.54, 1.807) is 12.2 Å². The van der Waals surface area contributed by atoms with Crippen LogP contribution in [-0.4, -0.2) is 9.53 Å². The number of halogens is 1. The van der Waals surface area contributed by atoms with Crippen molar-refractivity contribution in [3.05, 3.63) is 77.6 Å². The Bertz CT molecular complexity index is 467. The molecular weight excluding hydrogens is 335 g/mol. The quantitative estimate of drug-likeness (QED) is 0.339. The fourth-order valence-electron chi connectivity index (χ4n) is 1.31. The average Bonchev–Trinajstić information content (AvgIpc) is 2.43. The number of rotatable bonds is 5. The van der Waals surface area contributed by atoms with Crippen LogP contribution in [-0.2, 0) is 0 Å². The zero-order chi connectivity index (χ0) is 13.2. The van der Waals surface area contributed by atoms with Crippen molar-refractivity contribution in [3.63, 3.8) is 0 Å². The van der Waals surface area contributed by atoms with Crippen LogP contribution in [0.2, 0.25) is 0 Å². The van der Waals surface area contributed by atoms with Crippen molar-refractivity contribution in [1.29, 1.82) is 0 Å². The summed E-state index contributed by atoms with van der Waals surface area (Å²) in [7, 11) is 0. The molecule has 1 rings (SSSR count). The zero-order valence-corrected chi connectivity index (χ0v) is 12.5. The summed E-state index contributed by atoms with van der Waals surface area (Å²) in [6, 6.07) is 10.2. The Labute approximate surface area is 122 Å². The molecule has 0 fully saturated rings. The maximum Gasteiger partial charge on any atom is 0.111 e. The molecule has 0 unspecified atom stereocenters. The molecule has 0 amide bonds. The van der Waals surface area contributed by atoms with Crippen LogP contribution < -0.4 is 0 Å². The number of benzene rings is 1. The van der Waals surface area contributed by atoms with Crippen molar-refractivity contribution < 1.29 is 5.11 Å². The molecule has 94 valence electrons. The predicted molar refractivity (Wildman–Crippen MR) is 88.0 cm³/mol. The van der Waals surface area contributed by atoms with Crippen LogP contribution in [0.25, 0.3) is 6.08 Å². The summed E-state index contributed by atoms with van der Waals surface area (Å²) in [5.41, 5.74) is 2.27. The summed E-state index contributed by atoms with van der Waals surface area (Å²) >= 11 is 2.28. The van der Waals surface area contributed by atoms with Crippen molar-refractivity contribution in [2.24, 2.45) is 0 Å². The van der Waals surface area contributed by atoms with Gasteiger partial charge in [0.25, 0.3) is 0 Å². The molecule has 0 heterocycles. The molecule has 1 N–H and O–H groups in total. The van der Waals surface area contributed by atoms with Gasteiger partial charge in [0, 0.05) is 4.43 Å². The summed E-state index contributed by atoms with van der Waals surface area (Å²) in [5, 5.41) is 9.42. The smallest absolute Gasteiger partial charge is 0.111 e. The number of hydrogen-bond acceptors (Lipinski definition) is 1. The van der Waals surface area contributed by atoms with Crippen LogP contribution in [0.1, 0.15) is 12.5 Å². The second kappa shape index (κ2) is 8.75. The van der Waals surface area contributed by atoms with Crippen LogP contribution in [0.3, 0.4) is 0 Å². The first-order chi connectivity index (χ1) is 8.76. The lowest BCUT2D eigenvalue weighted by Gasteiger charge is -1.95. The van der Waals surface area contributed by atoms with Gasteiger partial charge in [-0.25, -0.2) is 0 Å². The maximum atomic E-state index is 9.42.